The van der Waals surface area contributed by atoms with Gasteiger partial charge in [-0.15, -0.1) is 0 Å². The lowest BCUT2D eigenvalue weighted by atomic mass is 10.1. The van der Waals surface area contributed by atoms with Crippen molar-refractivity contribution in [3.05, 3.63) is 66.2 Å². The molecule has 0 saturated carbocycles. The van der Waals surface area contributed by atoms with Gasteiger partial charge in [0.1, 0.15) is 0 Å². The highest BCUT2D eigenvalue weighted by Gasteiger charge is 2.14. The Morgan fingerprint density at radius 1 is 1.23 bits per heavy atom. The normalized spacial score (nSPS) is 12.2. The van der Waals surface area contributed by atoms with Crippen LogP contribution in [0.3, 0.4) is 0 Å². The van der Waals surface area contributed by atoms with Crippen LogP contribution in [0.15, 0.2) is 55.0 Å². The number of benzene rings is 2. The first-order valence-electron chi connectivity index (χ1n) is 7.20. The maximum Gasteiger partial charge on any atom is 0.237 e. The van der Waals surface area contributed by atoms with Crippen molar-refractivity contribution in [3.8, 4) is 0 Å². The van der Waals surface area contributed by atoms with Crippen molar-refractivity contribution in [1.82, 2.24) is 15.3 Å². The zero-order chi connectivity index (χ0) is 15.4. The molecule has 5 heteroatoms. The quantitative estimate of drug-likeness (QED) is 0.670. The lowest BCUT2D eigenvalue weighted by Crippen LogP contribution is -2.41. The lowest BCUT2D eigenvalue weighted by Gasteiger charge is -2.11. The lowest BCUT2D eigenvalue weighted by molar-refractivity contribution is -0.122. The van der Waals surface area contributed by atoms with Gasteiger partial charge in [0.15, 0.2) is 0 Å². The van der Waals surface area contributed by atoms with E-state index >= 15 is 0 Å². The SMILES string of the molecule is NC(Cc1cnc[nH]1)C(=O)NCc1ccc2ccccc2c1. The number of amides is 1. The molecule has 1 atom stereocenters. The number of hydrogen-bond acceptors (Lipinski definition) is 3. The van der Waals surface area contributed by atoms with E-state index in [0.29, 0.717) is 13.0 Å². The Bertz CT molecular complexity index is 767. The second-order valence-corrected chi connectivity index (χ2v) is 5.29. The second kappa shape index (κ2) is 6.41. The summed E-state index contributed by atoms with van der Waals surface area (Å²) in [5.41, 5.74) is 7.81. The molecule has 3 aromatic rings. The molecule has 3 rings (SSSR count). The number of nitrogens with one attached hydrogen (secondary N) is 2. The van der Waals surface area contributed by atoms with Gasteiger partial charge in [-0.1, -0.05) is 36.4 Å². The molecule has 0 bridgehead atoms. The summed E-state index contributed by atoms with van der Waals surface area (Å²) >= 11 is 0. The minimum Gasteiger partial charge on any atom is -0.351 e. The molecule has 0 saturated heterocycles. The van der Waals surface area contributed by atoms with Crippen molar-refractivity contribution >= 4 is 16.7 Å². The molecule has 0 fully saturated rings. The summed E-state index contributed by atoms with van der Waals surface area (Å²) in [5.74, 6) is -0.164. The van der Waals surface area contributed by atoms with Gasteiger partial charge in [-0.05, 0) is 22.4 Å². The maximum atomic E-state index is 12.0. The number of fused-ring (bicyclic) bond motifs is 1. The second-order valence-electron chi connectivity index (χ2n) is 5.29. The monoisotopic (exact) mass is 294 g/mol. The number of aromatic nitrogens is 2. The molecule has 1 aromatic heterocycles. The van der Waals surface area contributed by atoms with Crippen LogP contribution in [0.2, 0.25) is 0 Å². The van der Waals surface area contributed by atoms with Gasteiger partial charge in [-0.3, -0.25) is 4.79 Å². The summed E-state index contributed by atoms with van der Waals surface area (Å²) < 4.78 is 0. The van der Waals surface area contributed by atoms with Crippen LogP contribution in [0, 0.1) is 0 Å². The number of hydrogen-bond donors (Lipinski definition) is 3. The molecule has 0 spiro atoms. The summed E-state index contributed by atoms with van der Waals surface area (Å²) in [6.07, 6.45) is 3.70. The van der Waals surface area contributed by atoms with Gasteiger partial charge in [0.25, 0.3) is 0 Å². The van der Waals surface area contributed by atoms with Crippen LogP contribution in [0.1, 0.15) is 11.3 Å². The van der Waals surface area contributed by atoms with Gasteiger partial charge in [0.2, 0.25) is 5.91 Å². The van der Waals surface area contributed by atoms with E-state index in [1.807, 2.05) is 18.2 Å². The van der Waals surface area contributed by atoms with Crippen molar-refractivity contribution in [2.45, 2.75) is 19.0 Å². The van der Waals surface area contributed by atoms with E-state index in [1.165, 1.54) is 5.39 Å². The van der Waals surface area contributed by atoms with Crippen molar-refractivity contribution in [2.24, 2.45) is 5.73 Å². The number of H-pyrrole nitrogens is 1. The number of nitrogens with zero attached hydrogens (tertiary/aromatic N) is 1. The van der Waals surface area contributed by atoms with Crippen LogP contribution in [-0.4, -0.2) is 21.9 Å². The molecular formula is C17H18N4O. The Morgan fingerprint density at radius 2 is 2.05 bits per heavy atom. The number of rotatable bonds is 5. The number of imidazole rings is 1. The first-order valence-corrected chi connectivity index (χ1v) is 7.20. The van der Waals surface area contributed by atoms with Crippen molar-refractivity contribution < 1.29 is 4.79 Å². The van der Waals surface area contributed by atoms with Gasteiger partial charge in [0, 0.05) is 24.9 Å². The number of aromatic amines is 1. The van der Waals surface area contributed by atoms with E-state index in [9.17, 15) is 4.79 Å². The molecule has 0 radical (unpaired) electrons. The van der Waals surface area contributed by atoms with Crippen LogP contribution in [0.4, 0.5) is 0 Å². The Labute approximate surface area is 128 Å². The standard InChI is InChI=1S/C17H18N4O/c18-16(8-15-10-19-11-21-15)17(22)20-9-12-5-6-13-3-1-2-4-14(13)7-12/h1-7,10-11,16H,8-9,18H2,(H,19,21)(H,20,22). The molecule has 1 unspecified atom stereocenters. The predicted molar refractivity (Wildman–Crippen MR) is 86.1 cm³/mol. The van der Waals surface area contributed by atoms with Crippen LogP contribution < -0.4 is 11.1 Å². The molecule has 1 heterocycles. The third-order valence-corrected chi connectivity index (χ3v) is 3.61. The summed E-state index contributed by atoms with van der Waals surface area (Å²) in [5, 5.41) is 5.23. The van der Waals surface area contributed by atoms with Crippen LogP contribution >= 0.6 is 0 Å². The first-order chi connectivity index (χ1) is 10.7. The minimum atomic E-state index is -0.582. The third-order valence-electron chi connectivity index (χ3n) is 3.61. The predicted octanol–water partition coefficient (Wildman–Crippen LogP) is 1.75. The zero-order valence-corrected chi connectivity index (χ0v) is 12.1. The van der Waals surface area contributed by atoms with Gasteiger partial charge in [-0.2, -0.15) is 0 Å². The molecule has 0 aliphatic carbocycles. The fourth-order valence-electron chi connectivity index (χ4n) is 2.39. The first kappa shape index (κ1) is 14.3. The molecule has 2 aromatic carbocycles. The van der Waals surface area contributed by atoms with E-state index < -0.39 is 6.04 Å². The minimum absolute atomic E-state index is 0.164. The molecule has 1 amide bonds. The average molecular weight is 294 g/mol. The van der Waals surface area contributed by atoms with Gasteiger partial charge < -0.3 is 16.0 Å². The fraction of sp³-hybridized carbons (Fsp3) is 0.176. The Balaban J connectivity index is 1.59. The molecule has 5 nitrogen and oxygen atoms in total. The summed E-state index contributed by atoms with van der Waals surface area (Å²) in [4.78, 5) is 18.9. The zero-order valence-electron chi connectivity index (χ0n) is 12.1. The van der Waals surface area contributed by atoms with Gasteiger partial charge in [0.05, 0.1) is 12.4 Å². The summed E-state index contributed by atoms with van der Waals surface area (Å²) in [7, 11) is 0. The Morgan fingerprint density at radius 3 is 2.82 bits per heavy atom. The fourth-order valence-corrected chi connectivity index (χ4v) is 2.39. The largest absolute Gasteiger partial charge is 0.351 e. The Hall–Kier alpha value is -2.66. The van der Waals surface area contributed by atoms with E-state index in [2.05, 4.69) is 39.6 Å². The van der Waals surface area contributed by atoms with E-state index in [1.54, 1.807) is 12.5 Å². The highest BCUT2D eigenvalue weighted by molar-refractivity contribution is 5.84. The van der Waals surface area contributed by atoms with Crippen molar-refractivity contribution in [2.75, 3.05) is 0 Å². The van der Waals surface area contributed by atoms with Gasteiger partial charge in [-0.25, -0.2) is 4.98 Å². The average Bonchev–Trinajstić information content (AvgIpc) is 3.05. The number of carbonyl (C=O) groups excluding carboxylic acids is 1. The van der Waals surface area contributed by atoms with Crippen molar-refractivity contribution in [1.29, 1.82) is 0 Å². The number of carbonyl (C=O) groups is 1. The molecule has 22 heavy (non-hydrogen) atoms. The highest BCUT2D eigenvalue weighted by Crippen LogP contribution is 2.15. The van der Waals surface area contributed by atoms with Gasteiger partial charge >= 0.3 is 0 Å². The Kier molecular flexibility index (Phi) is 4.16. The summed E-state index contributed by atoms with van der Waals surface area (Å²) in [6, 6.07) is 13.7. The van der Waals surface area contributed by atoms with Crippen LogP contribution in [-0.2, 0) is 17.8 Å². The molecule has 0 aliphatic heterocycles. The molecule has 112 valence electrons. The van der Waals surface area contributed by atoms with Crippen LogP contribution in [0.5, 0.6) is 0 Å². The number of nitrogens with two attached hydrogens (primary N) is 1. The third kappa shape index (κ3) is 3.32. The van der Waals surface area contributed by atoms with Crippen LogP contribution in [0.25, 0.3) is 10.8 Å². The van der Waals surface area contributed by atoms with Crippen molar-refractivity contribution in [3.63, 3.8) is 0 Å². The highest BCUT2D eigenvalue weighted by atomic mass is 16.2. The van der Waals surface area contributed by atoms with E-state index in [-0.39, 0.29) is 5.91 Å². The smallest absolute Gasteiger partial charge is 0.237 e. The summed E-state index contributed by atoms with van der Waals surface area (Å²) in [6.45, 7) is 0.473. The molecule has 4 N–H and O–H groups in total. The van der Waals surface area contributed by atoms with E-state index in [0.717, 1.165) is 16.6 Å². The molecule has 0 aliphatic rings. The van der Waals surface area contributed by atoms with E-state index in [4.69, 9.17) is 5.73 Å². The topological polar surface area (TPSA) is 83.8 Å². The maximum absolute atomic E-state index is 12.0. The molecular weight excluding hydrogens is 276 g/mol.